The molecule has 1 aliphatic heterocycles. The normalized spacial score (nSPS) is 15.3. The monoisotopic (exact) mass is 324 g/mol. The zero-order chi connectivity index (χ0) is 16.2. The summed E-state index contributed by atoms with van der Waals surface area (Å²) in [5, 5.41) is 3.61. The fourth-order valence-corrected chi connectivity index (χ4v) is 2.77. The summed E-state index contributed by atoms with van der Waals surface area (Å²) in [5.74, 6) is 0. The van der Waals surface area contributed by atoms with E-state index in [2.05, 4.69) is 22.3 Å². The van der Waals surface area contributed by atoms with Crippen molar-refractivity contribution < 1.29 is 9.53 Å². The first-order valence-corrected chi connectivity index (χ1v) is 8.18. The summed E-state index contributed by atoms with van der Waals surface area (Å²) in [7, 11) is 0. The Morgan fingerprint density at radius 1 is 1.36 bits per heavy atom. The van der Waals surface area contributed by atoms with Crippen LogP contribution in [0.3, 0.4) is 0 Å². The zero-order valence-electron chi connectivity index (χ0n) is 13.6. The van der Waals surface area contributed by atoms with Gasteiger partial charge in [0, 0.05) is 31.2 Å². The number of hydrogen-bond acceptors (Lipinski definition) is 3. The molecule has 0 radical (unpaired) electrons. The Bertz CT molecular complexity index is 526. The van der Waals surface area contributed by atoms with E-state index in [0.717, 1.165) is 37.5 Å². The van der Waals surface area contributed by atoms with Crippen molar-refractivity contribution in [1.82, 2.24) is 10.2 Å². The Labute approximate surface area is 137 Å². The molecule has 0 spiro atoms. The number of ether oxygens (including phenoxy) is 1. The molecule has 1 aromatic carbocycles. The summed E-state index contributed by atoms with van der Waals surface area (Å²) in [5.41, 5.74) is 2.27. The molecule has 4 nitrogen and oxygen atoms in total. The Hall–Kier alpha value is -1.26. The van der Waals surface area contributed by atoms with Crippen molar-refractivity contribution >= 4 is 17.7 Å². The molecule has 0 aromatic heterocycles. The van der Waals surface area contributed by atoms with Crippen LogP contribution in [0.15, 0.2) is 18.2 Å². The summed E-state index contributed by atoms with van der Waals surface area (Å²) >= 11 is 6.03. The second-order valence-electron chi connectivity index (χ2n) is 6.72. The third-order valence-electron chi connectivity index (χ3n) is 3.58. The second-order valence-corrected chi connectivity index (χ2v) is 7.16. The number of carbonyl (C=O) groups excluding carboxylic acids is 1. The van der Waals surface area contributed by atoms with Crippen LogP contribution in [0.5, 0.6) is 0 Å². The first-order chi connectivity index (χ1) is 10.3. The minimum atomic E-state index is -0.443. The molecule has 1 heterocycles. The lowest BCUT2D eigenvalue weighted by molar-refractivity contribution is 0.0525. The molecule has 0 aliphatic carbocycles. The van der Waals surface area contributed by atoms with E-state index >= 15 is 0 Å². The molecule has 122 valence electrons. The lowest BCUT2D eigenvalue weighted by atomic mass is 10.00. The Morgan fingerprint density at radius 3 is 2.86 bits per heavy atom. The van der Waals surface area contributed by atoms with Gasteiger partial charge in [0.05, 0.1) is 0 Å². The van der Waals surface area contributed by atoms with Crippen molar-refractivity contribution in [1.29, 1.82) is 0 Å². The van der Waals surface area contributed by atoms with Gasteiger partial charge in [0.1, 0.15) is 5.60 Å². The number of nitrogens with one attached hydrogen (secondary N) is 1. The van der Waals surface area contributed by atoms with E-state index in [1.165, 1.54) is 11.1 Å². The predicted molar refractivity (Wildman–Crippen MR) is 89.3 cm³/mol. The van der Waals surface area contributed by atoms with Crippen molar-refractivity contribution in [3.8, 4) is 0 Å². The second kappa shape index (κ2) is 7.34. The van der Waals surface area contributed by atoms with E-state index in [4.69, 9.17) is 16.3 Å². The summed E-state index contributed by atoms with van der Waals surface area (Å²) in [6, 6.07) is 6.13. The van der Waals surface area contributed by atoms with Gasteiger partial charge in [0.25, 0.3) is 0 Å². The van der Waals surface area contributed by atoms with Gasteiger partial charge in [-0.1, -0.05) is 17.7 Å². The number of fused-ring (bicyclic) bond motifs is 1. The Morgan fingerprint density at radius 2 is 2.14 bits per heavy atom. The van der Waals surface area contributed by atoms with Crippen molar-refractivity contribution in [2.24, 2.45) is 0 Å². The molecule has 0 unspecified atom stereocenters. The molecule has 0 fully saturated rings. The largest absolute Gasteiger partial charge is 0.444 e. The predicted octanol–water partition coefficient (Wildman–Crippen LogP) is 3.61. The number of amides is 1. The van der Waals surface area contributed by atoms with Gasteiger partial charge < -0.3 is 10.1 Å². The van der Waals surface area contributed by atoms with Crippen molar-refractivity contribution in [3.05, 3.63) is 34.3 Å². The summed E-state index contributed by atoms with van der Waals surface area (Å²) in [4.78, 5) is 14.0. The number of halogens is 1. The first-order valence-electron chi connectivity index (χ1n) is 7.80. The van der Waals surface area contributed by atoms with Crippen LogP contribution in [-0.2, 0) is 17.7 Å². The van der Waals surface area contributed by atoms with E-state index in [9.17, 15) is 4.79 Å². The maximum atomic E-state index is 11.5. The van der Waals surface area contributed by atoms with E-state index in [-0.39, 0.29) is 6.09 Å². The van der Waals surface area contributed by atoms with Gasteiger partial charge in [-0.2, -0.15) is 0 Å². The summed E-state index contributed by atoms with van der Waals surface area (Å²) in [6.07, 6.45) is 1.61. The number of nitrogens with zero attached hydrogens (tertiary/aromatic N) is 1. The zero-order valence-corrected chi connectivity index (χ0v) is 14.4. The van der Waals surface area contributed by atoms with Crippen LogP contribution < -0.4 is 5.32 Å². The molecule has 1 N–H and O–H groups in total. The molecular weight excluding hydrogens is 300 g/mol. The third-order valence-corrected chi connectivity index (χ3v) is 3.81. The van der Waals surface area contributed by atoms with Crippen molar-refractivity contribution in [3.63, 3.8) is 0 Å². The highest BCUT2D eigenvalue weighted by Gasteiger charge is 2.17. The number of carbonyl (C=O) groups is 1. The molecule has 2 rings (SSSR count). The molecule has 0 atom stereocenters. The topological polar surface area (TPSA) is 41.6 Å². The van der Waals surface area contributed by atoms with E-state index < -0.39 is 5.60 Å². The molecule has 0 saturated heterocycles. The molecule has 1 aliphatic rings. The van der Waals surface area contributed by atoms with Crippen LogP contribution in [0.1, 0.15) is 38.3 Å². The highest BCUT2D eigenvalue weighted by molar-refractivity contribution is 6.30. The molecule has 0 bridgehead atoms. The lowest BCUT2D eigenvalue weighted by Crippen LogP contribution is -2.36. The first kappa shape index (κ1) is 17.1. The smallest absolute Gasteiger partial charge is 0.407 e. The standard InChI is InChI=1S/C17H25ClN2O2/c1-17(2,3)22-16(21)19-8-4-9-20-10-7-13-11-15(18)6-5-14(13)12-20/h5-6,11H,4,7-10,12H2,1-3H3,(H,19,21). The van der Waals surface area contributed by atoms with Crippen LogP contribution in [0.4, 0.5) is 4.79 Å². The average molecular weight is 325 g/mol. The minimum absolute atomic E-state index is 0.342. The summed E-state index contributed by atoms with van der Waals surface area (Å²) in [6.45, 7) is 9.20. The Balaban J connectivity index is 1.69. The van der Waals surface area contributed by atoms with Gasteiger partial charge in [0.2, 0.25) is 0 Å². The van der Waals surface area contributed by atoms with Gasteiger partial charge in [-0.05, 0) is 56.9 Å². The SMILES string of the molecule is CC(C)(C)OC(=O)NCCCN1CCc2cc(Cl)ccc2C1. The maximum Gasteiger partial charge on any atom is 0.407 e. The van der Waals surface area contributed by atoms with Gasteiger partial charge in [-0.3, -0.25) is 4.90 Å². The van der Waals surface area contributed by atoms with Crippen LogP contribution >= 0.6 is 11.6 Å². The fraction of sp³-hybridized carbons (Fsp3) is 0.588. The molecule has 1 aromatic rings. The fourth-order valence-electron chi connectivity index (χ4n) is 2.58. The van der Waals surface area contributed by atoms with Crippen LogP contribution in [0.2, 0.25) is 5.02 Å². The van der Waals surface area contributed by atoms with Gasteiger partial charge in [0.15, 0.2) is 0 Å². The molecular formula is C17H25ClN2O2. The third kappa shape index (κ3) is 5.50. The number of alkyl carbamates (subject to hydrolysis) is 1. The average Bonchev–Trinajstić information content (AvgIpc) is 2.41. The van der Waals surface area contributed by atoms with E-state index in [1.807, 2.05) is 26.8 Å². The lowest BCUT2D eigenvalue weighted by Gasteiger charge is -2.29. The number of benzene rings is 1. The van der Waals surface area contributed by atoms with E-state index in [1.54, 1.807) is 0 Å². The number of rotatable bonds is 4. The molecule has 0 saturated carbocycles. The quantitative estimate of drug-likeness (QED) is 0.860. The van der Waals surface area contributed by atoms with Crippen molar-refractivity contribution in [2.75, 3.05) is 19.6 Å². The van der Waals surface area contributed by atoms with Crippen LogP contribution in [0.25, 0.3) is 0 Å². The van der Waals surface area contributed by atoms with E-state index in [0.29, 0.717) is 6.54 Å². The van der Waals surface area contributed by atoms with Crippen molar-refractivity contribution in [2.45, 2.75) is 45.8 Å². The van der Waals surface area contributed by atoms with Gasteiger partial charge >= 0.3 is 6.09 Å². The van der Waals surface area contributed by atoms with Crippen LogP contribution in [-0.4, -0.2) is 36.2 Å². The summed E-state index contributed by atoms with van der Waals surface area (Å²) < 4.78 is 5.21. The highest BCUT2D eigenvalue weighted by atomic mass is 35.5. The van der Waals surface area contributed by atoms with Gasteiger partial charge in [-0.25, -0.2) is 4.79 Å². The molecule has 1 amide bonds. The Kier molecular flexibility index (Phi) is 5.70. The highest BCUT2D eigenvalue weighted by Crippen LogP contribution is 2.22. The molecule has 22 heavy (non-hydrogen) atoms. The van der Waals surface area contributed by atoms with Gasteiger partial charge in [-0.15, -0.1) is 0 Å². The minimum Gasteiger partial charge on any atom is -0.444 e. The maximum absolute atomic E-state index is 11.5. The molecule has 5 heteroatoms. The van der Waals surface area contributed by atoms with Crippen LogP contribution in [0, 0.1) is 0 Å². The number of hydrogen-bond donors (Lipinski definition) is 1.